The summed E-state index contributed by atoms with van der Waals surface area (Å²) in [5.74, 6) is 0.391. The van der Waals surface area contributed by atoms with Gasteiger partial charge >= 0.3 is 0 Å². The van der Waals surface area contributed by atoms with Crippen LogP contribution >= 0.6 is 46.6 Å². The van der Waals surface area contributed by atoms with Crippen LogP contribution in [0.25, 0.3) is 0 Å². The molecule has 1 N–H and O–H groups in total. The fourth-order valence-electron chi connectivity index (χ4n) is 3.92. The van der Waals surface area contributed by atoms with E-state index in [4.69, 9.17) is 34.8 Å². The molecule has 0 aliphatic heterocycles. The average molecular weight is 528 g/mol. The van der Waals surface area contributed by atoms with Crippen molar-refractivity contribution in [1.82, 2.24) is 10.2 Å². The van der Waals surface area contributed by atoms with Crippen molar-refractivity contribution in [3.8, 4) is 0 Å². The molecule has 1 atom stereocenters. The number of hydrogen-bond acceptors (Lipinski definition) is 3. The van der Waals surface area contributed by atoms with E-state index in [1.54, 1.807) is 41.8 Å². The second-order valence-electron chi connectivity index (χ2n) is 8.33. The molecule has 2 amide bonds. The Hall–Kier alpha value is -1.40. The monoisotopic (exact) mass is 526 g/mol. The van der Waals surface area contributed by atoms with Crippen molar-refractivity contribution >= 4 is 58.4 Å². The molecular weight excluding hydrogens is 499 g/mol. The minimum absolute atomic E-state index is 0.0891. The summed E-state index contributed by atoms with van der Waals surface area (Å²) in [6.45, 7) is 2.03. The van der Waals surface area contributed by atoms with E-state index in [2.05, 4.69) is 5.32 Å². The second-order valence-corrected chi connectivity index (χ2v) is 10.8. The SMILES string of the molecule is C[C@H](C(=O)NC1CCCCC1)N(Cc1ccc(Cl)cc1Cl)C(=O)CCSc1ccc(Cl)cc1. The third-order valence-corrected chi connectivity index (χ3v) is 7.73. The smallest absolute Gasteiger partial charge is 0.242 e. The summed E-state index contributed by atoms with van der Waals surface area (Å²) < 4.78 is 0. The molecule has 1 fully saturated rings. The van der Waals surface area contributed by atoms with Crippen LogP contribution in [-0.4, -0.2) is 34.6 Å². The van der Waals surface area contributed by atoms with E-state index in [0.29, 0.717) is 27.2 Å². The van der Waals surface area contributed by atoms with Gasteiger partial charge in [0.15, 0.2) is 0 Å². The molecule has 1 aliphatic rings. The molecule has 1 aliphatic carbocycles. The van der Waals surface area contributed by atoms with Gasteiger partial charge in [-0.1, -0.05) is 60.1 Å². The fraction of sp³-hybridized carbons (Fsp3) is 0.440. The van der Waals surface area contributed by atoms with E-state index in [1.807, 2.05) is 24.3 Å². The molecule has 0 bridgehead atoms. The van der Waals surface area contributed by atoms with Gasteiger partial charge in [0.05, 0.1) is 0 Å². The Morgan fingerprint density at radius 3 is 2.36 bits per heavy atom. The maximum atomic E-state index is 13.3. The van der Waals surface area contributed by atoms with Gasteiger partial charge in [-0.2, -0.15) is 0 Å². The normalized spacial score (nSPS) is 15.2. The molecule has 0 radical (unpaired) electrons. The Balaban J connectivity index is 1.68. The molecule has 8 heteroatoms. The van der Waals surface area contributed by atoms with Crippen LogP contribution in [0.3, 0.4) is 0 Å². The topological polar surface area (TPSA) is 49.4 Å². The number of nitrogens with one attached hydrogen (secondary N) is 1. The predicted octanol–water partition coefficient (Wildman–Crippen LogP) is 7.00. The number of thioether (sulfide) groups is 1. The van der Waals surface area contributed by atoms with Crippen LogP contribution < -0.4 is 5.32 Å². The zero-order chi connectivity index (χ0) is 23.8. The number of nitrogens with zero attached hydrogens (tertiary/aromatic N) is 1. The number of hydrogen-bond donors (Lipinski definition) is 1. The molecule has 0 saturated heterocycles. The van der Waals surface area contributed by atoms with Crippen molar-refractivity contribution in [3.05, 3.63) is 63.1 Å². The molecule has 2 aromatic carbocycles. The van der Waals surface area contributed by atoms with Crippen LogP contribution in [-0.2, 0) is 16.1 Å². The lowest BCUT2D eigenvalue weighted by Gasteiger charge is -2.31. The maximum absolute atomic E-state index is 13.3. The molecule has 0 unspecified atom stereocenters. The highest BCUT2D eigenvalue weighted by Gasteiger charge is 2.28. The average Bonchev–Trinajstić information content (AvgIpc) is 2.80. The van der Waals surface area contributed by atoms with Gasteiger partial charge in [-0.3, -0.25) is 9.59 Å². The summed E-state index contributed by atoms with van der Waals surface area (Å²) in [5, 5.41) is 4.84. The largest absolute Gasteiger partial charge is 0.352 e. The van der Waals surface area contributed by atoms with Crippen molar-refractivity contribution in [1.29, 1.82) is 0 Å². The van der Waals surface area contributed by atoms with E-state index in [-0.39, 0.29) is 24.4 Å². The van der Waals surface area contributed by atoms with Gasteiger partial charge in [0, 0.05) is 44.7 Å². The first-order valence-corrected chi connectivity index (χ1v) is 13.4. The van der Waals surface area contributed by atoms with Crippen LogP contribution in [0.2, 0.25) is 15.1 Å². The van der Waals surface area contributed by atoms with Crippen LogP contribution in [0.4, 0.5) is 0 Å². The Morgan fingerprint density at radius 1 is 1.03 bits per heavy atom. The summed E-state index contributed by atoms with van der Waals surface area (Å²) >= 11 is 19.9. The number of rotatable bonds is 9. The summed E-state index contributed by atoms with van der Waals surface area (Å²) in [4.78, 5) is 29.0. The number of carbonyl (C=O) groups is 2. The maximum Gasteiger partial charge on any atom is 0.242 e. The third-order valence-electron chi connectivity index (χ3n) is 5.87. The van der Waals surface area contributed by atoms with Gasteiger partial charge in [0.1, 0.15) is 6.04 Å². The first kappa shape index (κ1) is 26.2. The molecule has 3 rings (SSSR count). The van der Waals surface area contributed by atoms with Crippen molar-refractivity contribution < 1.29 is 9.59 Å². The van der Waals surface area contributed by atoms with E-state index < -0.39 is 6.04 Å². The lowest BCUT2D eigenvalue weighted by molar-refractivity contribution is -0.140. The molecule has 1 saturated carbocycles. The standard InChI is InChI=1S/C25H29Cl3N2O2S/c1-17(25(32)29-21-5-3-2-4-6-21)30(16-18-7-8-20(27)15-23(18)28)24(31)13-14-33-22-11-9-19(26)10-12-22/h7-12,15,17,21H,2-6,13-14,16H2,1H3,(H,29,32)/t17-/m1/s1. The molecule has 0 heterocycles. The minimum Gasteiger partial charge on any atom is -0.352 e. The number of benzene rings is 2. The highest BCUT2D eigenvalue weighted by Crippen LogP contribution is 2.25. The van der Waals surface area contributed by atoms with Crippen LogP contribution in [0.5, 0.6) is 0 Å². The zero-order valence-corrected chi connectivity index (χ0v) is 21.7. The van der Waals surface area contributed by atoms with Crippen molar-refractivity contribution in [2.45, 2.75) is 69.0 Å². The molecule has 0 aromatic heterocycles. The van der Waals surface area contributed by atoms with Crippen molar-refractivity contribution in [3.63, 3.8) is 0 Å². The number of carbonyl (C=O) groups excluding carboxylic acids is 2. The summed E-state index contributed by atoms with van der Waals surface area (Å²) in [5.41, 5.74) is 0.761. The first-order chi connectivity index (χ1) is 15.8. The molecule has 4 nitrogen and oxygen atoms in total. The highest BCUT2D eigenvalue weighted by atomic mass is 35.5. The predicted molar refractivity (Wildman–Crippen MR) is 138 cm³/mol. The van der Waals surface area contributed by atoms with Gasteiger partial charge in [0.2, 0.25) is 11.8 Å². The Bertz CT molecular complexity index is 949. The van der Waals surface area contributed by atoms with E-state index in [1.165, 1.54) is 6.42 Å². The third kappa shape index (κ3) is 8.10. The van der Waals surface area contributed by atoms with Crippen LogP contribution in [0.15, 0.2) is 47.4 Å². The first-order valence-electron chi connectivity index (χ1n) is 11.3. The molecule has 0 spiro atoms. The Morgan fingerprint density at radius 2 is 1.70 bits per heavy atom. The van der Waals surface area contributed by atoms with Gasteiger partial charge in [-0.15, -0.1) is 11.8 Å². The summed E-state index contributed by atoms with van der Waals surface area (Å²) in [6.07, 6.45) is 5.77. The molecular formula is C25H29Cl3N2O2S. The lowest BCUT2D eigenvalue weighted by atomic mass is 9.95. The number of halogens is 3. The van der Waals surface area contributed by atoms with E-state index >= 15 is 0 Å². The van der Waals surface area contributed by atoms with Crippen molar-refractivity contribution in [2.75, 3.05) is 5.75 Å². The van der Waals surface area contributed by atoms with Gasteiger partial charge in [-0.05, 0) is 61.7 Å². The summed E-state index contributed by atoms with van der Waals surface area (Å²) in [6, 6.07) is 12.3. The Labute approximate surface area is 215 Å². The second kappa shape index (κ2) is 12.9. The molecule has 33 heavy (non-hydrogen) atoms. The number of amides is 2. The fourth-order valence-corrected chi connectivity index (χ4v) is 5.35. The molecule has 178 valence electrons. The Kier molecular flexibility index (Phi) is 10.2. The van der Waals surface area contributed by atoms with Crippen molar-refractivity contribution in [2.24, 2.45) is 0 Å². The van der Waals surface area contributed by atoms with Gasteiger partial charge < -0.3 is 10.2 Å². The molecule has 2 aromatic rings. The van der Waals surface area contributed by atoms with E-state index in [0.717, 1.165) is 36.1 Å². The van der Waals surface area contributed by atoms with Gasteiger partial charge in [-0.25, -0.2) is 0 Å². The van der Waals surface area contributed by atoms with Gasteiger partial charge in [0.25, 0.3) is 0 Å². The van der Waals surface area contributed by atoms with E-state index in [9.17, 15) is 9.59 Å². The summed E-state index contributed by atoms with van der Waals surface area (Å²) in [7, 11) is 0. The van der Waals surface area contributed by atoms with Crippen LogP contribution in [0.1, 0.15) is 51.0 Å². The quantitative estimate of drug-likeness (QED) is 0.357. The lowest BCUT2D eigenvalue weighted by Crippen LogP contribution is -2.50. The van der Waals surface area contributed by atoms with Crippen LogP contribution in [0, 0.1) is 0 Å². The highest BCUT2D eigenvalue weighted by molar-refractivity contribution is 7.99. The zero-order valence-electron chi connectivity index (χ0n) is 18.7. The minimum atomic E-state index is -0.605.